The Bertz CT molecular complexity index is 989. The van der Waals surface area contributed by atoms with Crippen LogP contribution in [0.4, 0.5) is 17.6 Å². The van der Waals surface area contributed by atoms with Crippen molar-refractivity contribution in [1.29, 1.82) is 0 Å². The molecule has 0 bridgehead atoms. The first-order valence-electron chi connectivity index (χ1n) is 8.52. The molecule has 1 aliphatic heterocycles. The van der Waals surface area contributed by atoms with Crippen LogP contribution in [0.5, 0.6) is 0 Å². The zero-order valence-electron chi connectivity index (χ0n) is 14.6. The van der Waals surface area contributed by atoms with Crippen LogP contribution in [0.1, 0.15) is 33.2 Å². The summed E-state index contributed by atoms with van der Waals surface area (Å²) >= 11 is 0. The molecule has 1 aliphatic rings. The Labute approximate surface area is 159 Å². The molecule has 4 nitrogen and oxygen atoms in total. The number of halogens is 4. The summed E-state index contributed by atoms with van der Waals surface area (Å²) in [5, 5.41) is -1.10. The number of amides is 1. The summed E-state index contributed by atoms with van der Waals surface area (Å²) in [6.07, 6.45) is -4.62. The van der Waals surface area contributed by atoms with Crippen LogP contribution in [0, 0.1) is 5.82 Å². The van der Waals surface area contributed by atoms with Gasteiger partial charge in [0.15, 0.2) is 9.84 Å². The third kappa shape index (κ3) is 4.19. The molecule has 1 fully saturated rings. The van der Waals surface area contributed by atoms with Gasteiger partial charge in [-0.3, -0.25) is 4.79 Å². The second kappa shape index (κ2) is 7.54. The zero-order valence-corrected chi connectivity index (χ0v) is 15.4. The second-order valence-electron chi connectivity index (χ2n) is 6.54. The standard InChI is InChI=1S/C19H17F4NO3S/c20-16-7-2-1-6-15(16)17-8-9-24(10-11-28(17,26)27)18(25)13-4-3-5-14(12-13)19(21,22)23/h1-7,12,17H,8-11H2. The van der Waals surface area contributed by atoms with E-state index in [4.69, 9.17) is 0 Å². The maximum absolute atomic E-state index is 14.1. The summed E-state index contributed by atoms with van der Waals surface area (Å²) in [5.74, 6) is -1.72. The van der Waals surface area contributed by atoms with Gasteiger partial charge in [-0.05, 0) is 30.7 Å². The number of hydrogen-bond acceptors (Lipinski definition) is 3. The highest BCUT2D eigenvalue weighted by atomic mass is 32.2. The van der Waals surface area contributed by atoms with Crippen LogP contribution in [0.25, 0.3) is 0 Å². The van der Waals surface area contributed by atoms with Crippen LogP contribution in [0.3, 0.4) is 0 Å². The molecule has 9 heteroatoms. The molecule has 1 amide bonds. The number of benzene rings is 2. The highest BCUT2D eigenvalue weighted by Gasteiger charge is 2.35. The zero-order chi connectivity index (χ0) is 20.5. The average Bonchev–Trinajstić information content (AvgIpc) is 2.79. The Balaban J connectivity index is 1.85. The van der Waals surface area contributed by atoms with Gasteiger partial charge < -0.3 is 4.90 Å². The minimum Gasteiger partial charge on any atom is -0.338 e. The minimum atomic E-state index is -4.59. The summed E-state index contributed by atoms with van der Waals surface area (Å²) in [5.41, 5.74) is -1.09. The first-order valence-corrected chi connectivity index (χ1v) is 10.2. The van der Waals surface area contributed by atoms with Gasteiger partial charge in [-0.1, -0.05) is 24.3 Å². The van der Waals surface area contributed by atoms with Gasteiger partial charge in [-0.2, -0.15) is 13.2 Å². The molecule has 0 N–H and O–H groups in total. The molecule has 1 unspecified atom stereocenters. The Kier molecular flexibility index (Phi) is 5.47. The van der Waals surface area contributed by atoms with Gasteiger partial charge in [-0.15, -0.1) is 0 Å². The Morgan fingerprint density at radius 1 is 1.04 bits per heavy atom. The van der Waals surface area contributed by atoms with Gasteiger partial charge >= 0.3 is 6.18 Å². The molecule has 0 spiro atoms. The van der Waals surface area contributed by atoms with E-state index in [1.54, 1.807) is 0 Å². The van der Waals surface area contributed by atoms with Crippen molar-refractivity contribution in [3.8, 4) is 0 Å². The quantitative estimate of drug-likeness (QED) is 0.701. The number of carbonyl (C=O) groups excluding carboxylic acids is 1. The van der Waals surface area contributed by atoms with Crippen LogP contribution >= 0.6 is 0 Å². The lowest BCUT2D eigenvalue weighted by Gasteiger charge is -2.20. The van der Waals surface area contributed by atoms with Crippen molar-refractivity contribution in [3.63, 3.8) is 0 Å². The van der Waals surface area contributed by atoms with Gasteiger partial charge in [0.25, 0.3) is 5.91 Å². The number of sulfone groups is 1. The number of alkyl halides is 3. The molecular weight excluding hydrogens is 398 g/mol. The third-order valence-corrected chi connectivity index (χ3v) is 6.82. The number of nitrogens with zero attached hydrogens (tertiary/aromatic N) is 1. The Morgan fingerprint density at radius 3 is 2.43 bits per heavy atom. The lowest BCUT2D eigenvalue weighted by atomic mass is 10.1. The summed E-state index contributed by atoms with van der Waals surface area (Å²) < 4.78 is 77.9. The lowest BCUT2D eigenvalue weighted by Crippen LogP contribution is -2.33. The van der Waals surface area contributed by atoms with Crippen molar-refractivity contribution in [2.75, 3.05) is 18.8 Å². The van der Waals surface area contributed by atoms with Crippen LogP contribution in [0.15, 0.2) is 48.5 Å². The highest BCUT2D eigenvalue weighted by molar-refractivity contribution is 7.91. The number of hydrogen-bond donors (Lipinski definition) is 0. The van der Waals surface area contributed by atoms with Crippen LogP contribution in [-0.4, -0.2) is 38.1 Å². The van der Waals surface area contributed by atoms with E-state index in [1.807, 2.05) is 0 Å². The van der Waals surface area contributed by atoms with Crippen molar-refractivity contribution < 1.29 is 30.8 Å². The van der Waals surface area contributed by atoms with Crippen LogP contribution in [-0.2, 0) is 16.0 Å². The molecule has 0 radical (unpaired) electrons. The second-order valence-corrected chi connectivity index (χ2v) is 8.84. The van der Waals surface area contributed by atoms with Gasteiger partial charge in [0.2, 0.25) is 0 Å². The largest absolute Gasteiger partial charge is 0.416 e. The van der Waals surface area contributed by atoms with Crippen molar-refractivity contribution in [2.45, 2.75) is 17.8 Å². The van der Waals surface area contributed by atoms with Crippen molar-refractivity contribution in [1.82, 2.24) is 4.90 Å². The molecule has 150 valence electrons. The van der Waals surface area contributed by atoms with E-state index >= 15 is 0 Å². The number of carbonyl (C=O) groups is 1. The Hall–Kier alpha value is -2.42. The van der Waals surface area contributed by atoms with E-state index in [1.165, 1.54) is 35.2 Å². The van der Waals surface area contributed by atoms with E-state index in [-0.39, 0.29) is 30.6 Å². The normalized spacial score (nSPS) is 19.9. The summed E-state index contributed by atoms with van der Waals surface area (Å²) in [7, 11) is -3.73. The number of rotatable bonds is 2. The SMILES string of the molecule is O=C(c1cccc(C(F)(F)F)c1)N1CCC(c2ccccc2F)S(=O)(=O)CC1. The fraction of sp³-hybridized carbons (Fsp3) is 0.316. The summed E-state index contributed by atoms with van der Waals surface area (Å²) in [4.78, 5) is 13.8. The molecule has 0 aromatic heterocycles. The van der Waals surface area contributed by atoms with E-state index in [2.05, 4.69) is 0 Å². The average molecular weight is 415 g/mol. The predicted molar refractivity (Wildman–Crippen MR) is 94.9 cm³/mol. The van der Waals surface area contributed by atoms with Gasteiger partial charge in [-0.25, -0.2) is 12.8 Å². The smallest absolute Gasteiger partial charge is 0.338 e. The van der Waals surface area contributed by atoms with Crippen molar-refractivity contribution >= 4 is 15.7 Å². The van der Waals surface area contributed by atoms with Crippen molar-refractivity contribution in [3.05, 3.63) is 71.0 Å². The maximum atomic E-state index is 14.1. The highest BCUT2D eigenvalue weighted by Crippen LogP contribution is 2.32. The van der Waals surface area contributed by atoms with E-state index in [9.17, 15) is 30.8 Å². The molecule has 1 heterocycles. The van der Waals surface area contributed by atoms with Crippen molar-refractivity contribution in [2.24, 2.45) is 0 Å². The topological polar surface area (TPSA) is 54.5 Å². The molecule has 2 aromatic rings. The van der Waals surface area contributed by atoms with Gasteiger partial charge in [0, 0.05) is 24.2 Å². The molecule has 3 rings (SSSR count). The summed E-state index contributed by atoms with van der Waals surface area (Å²) in [6, 6.07) is 9.53. The van der Waals surface area contributed by atoms with Gasteiger partial charge in [0.1, 0.15) is 5.82 Å². The van der Waals surface area contributed by atoms with Crippen LogP contribution < -0.4 is 0 Å². The summed E-state index contributed by atoms with van der Waals surface area (Å²) in [6.45, 7) is -0.171. The molecule has 0 saturated carbocycles. The fourth-order valence-electron chi connectivity index (χ4n) is 3.24. The predicted octanol–water partition coefficient (Wildman–Crippen LogP) is 3.85. The maximum Gasteiger partial charge on any atom is 0.416 e. The monoisotopic (exact) mass is 415 g/mol. The molecule has 1 atom stereocenters. The van der Waals surface area contributed by atoms with E-state index in [0.717, 1.165) is 18.2 Å². The minimum absolute atomic E-state index is 0.00664. The van der Waals surface area contributed by atoms with E-state index in [0.29, 0.717) is 0 Å². The molecule has 2 aromatic carbocycles. The molecule has 0 aliphatic carbocycles. The van der Waals surface area contributed by atoms with E-state index < -0.39 is 44.3 Å². The first kappa shape index (κ1) is 20.3. The molecular formula is C19H17F4NO3S. The molecule has 28 heavy (non-hydrogen) atoms. The first-order chi connectivity index (χ1) is 13.1. The Morgan fingerprint density at radius 2 is 1.75 bits per heavy atom. The fourth-order valence-corrected chi connectivity index (χ4v) is 5.05. The lowest BCUT2D eigenvalue weighted by molar-refractivity contribution is -0.137. The third-order valence-electron chi connectivity index (χ3n) is 4.72. The van der Waals surface area contributed by atoms with Gasteiger partial charge in [0.05, 0.1) is 16.6 Å². The van der Waals surface area contributed by atoms with Crippen LogP contribution in [0.2, 0.25) is 0 Å². The molecule has 1 saturated heterocycles.